The fourth-order valence-electron chi connectivity index (χ4n) is 17.2. The van der Waals surface area contributed by atoms with E-state index in [9.17, 15) is 14.4 Å². The van der Waals surface area contributed by atoms with Crippen molar-refractivity contribution in [1.82, 2.24) is 0 Å². The number of hydrogen-bond acceptors (Lipinski definition) is 10. The summed E-state index contributed by atoms with van der Waals surface area (Å²) in [6, 6.07) is 32.7. The van der Waals surface area contributed by atoms with Gasteiger partial charge < -0.3 is 28.4 Å². The van der Waals surface area contributed by atoms with Gasteiger partial charge in [0.05, 0.1) is 10.9 Å². The largest absolute Gasteiger partial charge is 0.482 e. The zero-order chi connectivity index (χ0) is 50.3. The summed E-state index contributed by atoms with van der Waals surface area (Å²) in [6.07, 6.45) is 18.3. The maximum Gasteiger partial charge on any atom is 0.344 e. The lowest BCUT2D eigenvalue weighted by Crippen LogP contribution is -2.58. The Morgan fingerprint density at radius 1 is 0.378 bits per heavy atom. The zero-order valence-electron chi connectivity index (χ0n) is 43.4. The fraction of sp³-hybridized carbons (Fsp3) is 0.571. The Bertz CT molecular complexity index is 2520. The summed E-state index contributed by atoms with van der Waals surface area (Å²) >= 11 is 1.67. The molecular weight excluding hydrogens is 965 g/mol. The lowest BCUT2D eigenvalue weighted by Gasteiger charge is -2.59. The first-order valence-electron chi connectivity index (χ1n) is 28.2. The van der Waals surface area contributed by atoms with Gasteiger partial charge in [0.1, 0.15) is 34.1 Å². The molecule has 0 heterocycles. The third-order valence-corrected chi connectivity index (χ3v) is 23.8. The maximum absolute atomic E-state index is 13.3. The van der Waals surface area contributed by atoms with Crippen molar-refractivity contribution in [2.45, 2.75) is 158 Å². The number of carbonyl (C=O) groups is 3. The van der Waals surface area contributed by atoms with Gasteiger partial charge in [0.15, 0.2) is 34.5 Å². The van der Waals surface area contributed by atoms with E-state index >= 15 is 0 Å². The SMILES string of the molecule is CC1(OC(=O)COc2ccc(Sc3ccc([S+](c4ccc(OCC(=O)OC5(C)C6CC7CC(C6)CC5C7)cc4)c4ccc(OCC(=O)OC5(C)C6CC7CC(C6)CC5C7)cc4)cc3)cc2)C2CC3CC(C2)CC1C3. The summed E-state index contributed by atoms with van der Waals surface area (Å²) in [4.78, 5) is 45.2. The molecule has 0 N–H and O–H groups in total. The maximum atomic E-state index is 13.3. The molecule has 11 heteroatoms. The number of esters is 3. The average Bonchev–Trinajstić information content (AvgIpc) is 3.38. The van der Waals surface area contributed by atoms with Gasteiger partial charge in [-0.3, -0.25) is 0 Å². The molecule has 0 amide bonds. The van der Waals surface area contributed by atoms with Gasteiger partial charge in [-0.1, -0.05) is 11.8 Å². The van der Waals surface area contributed by atoms with Crippen LogP contribution < -0.4 is 14.2 Å². The summed E-state index contributed by atoms with van der Waals surface area (Å²) in [6.45, 7) is 6.20. The topological polar surface area (TPSA) is 107 Å². The van der Waals surface area contributed by atoms with Crippen LogP contribution in [0.15, 0.2) is 122 Å². The highest BCUT2D eigenvalue weighted by molar-refractivity contribution is 7.99. The van der Waals surface area contributed by atoms with Crippen molar-refractivity contribution in [2.24, 2.45) is 71.0 Å². The first kappa shape index (κ1) is 49.0. The van der Waals surface area contributed by atoms with Crippen molar-refractivity contribution in [3.05, 3.63) is 97.1 Å². The second-order valence-corrected chi connectivity index (χ2v) is 28.2. The molecule has 0 radical (unpaired) electrons. The smallest absolute Gasteiger partial charge is 0.344 e. The molecule has 0 saturated heterocycles. The van der Waals surface area contributed by atoms with Crippen molar-refractivity contribution in [2.75, 3.05) is 19.8 Å². The molecular formula is C63H73O9S2+. The Morgan fingerprint density at radius 3 is 0.878 bits per heavy atom. The zero-order valence-corrected chi connectivity index (χ0v) is 45.0. The highest BCUT2D eigenvalue weighted by Crippen LogP contribution is 2.62. The monoisotopic (exact) mass is 1040 g/mol. The second kappa shape index (κ2) is 19.4. The molecule has 12 aliphatic carbocycles. The standard InChI is InChI=1S/C63H73O9S2/c1-61(44-23-38-20-39(25-44)26-45(61)24-38)70-58(64)35-67-50-4-10-53(11-5-50)73-54-12-18-57(19-13-54)74(55-14-6-51(7-15-55)68-36-59(65)71-62(2)46-27-40-21-41(29-46)30-47(62)28-40)56-16-8-52(9-17-56)69-37-60(66)72-63(3)48-31-42-22-43(33-48)34-49(63)32-42/h4-19,38-49H,20-37H2,1-3H3/q+1. The van der Waals surface area contributed by atoms with Crippen molar-refractivity contribution < 1.29 is 42.8 Å². The van der Waals surface area contributed by atoms with E-state index in [1.807, 2.05) is 48.5 Å². The Kier molecular flexibility index (Phi) is 12.9. The molecule has 0 aromatic heterocycles. The van der Waals surface area contributed by atoms with Crippen LogP contribution in [0.2, 0.25) is 0 Å². The molecule has 12 aliphatic rings. The third-order valence-electron chi connectivity index (χ3n) is 20.6. The van der Waals surface area contributed by atoms with Crippen LogP contribution >= 0.6 is 11.8 Å². The van der Waals surface area contributed by atoms with Crippen molar-refractivity contribution in [3.63, 3.8) is 0 Å². The first-order valence-corrected chi connectivity index (χ1v) is 30.2. The quantitative estimate of drug-likeness (QED) is 0.0576. The molecule has 0 atom stereocenters. The number of benzene rings is 4. The number of hydrogen-bond donors (Lipinski definition) is 0. The van der Waals surface area contributed by atoms with Crippen LogP contribution in [-0.2, 0) is 39.5 Å². The van der Waals surface area contributed by atoms with Gasteiger partial charge in [0.25, 0.3) is 0 Å². The van der Waals surface area contributed by atoms with Crippen LogP contribution in [0.3, 0.4) is 0 Å². The summed E-state index contributed by atoms with van der Waals surface area (Å²) in [5, 5.41) is 0. The number of rotatable bonds is 17. The van der Waals surface area contributed by atoms with Gasteiger partial charge in [-0.05, 0) is 285 Å². The van der Waals surface area contributed by atoms with E-state index in [1.54, 1.807) is 11.8 Å². The van der Waals surface area contributed by atoms with Crippen LogP contribution in [0.4, 0.5) is 0 Å². The summed E-state index contributed by atoms with van der Waals surface area (Å²) in [5.74, 6) is 8.68. The second-order valence-electron chi connectivity index (χ2n) is 25.0. The molecule has 9 nitrogen and oxygen atoms in total. The van der Waals surface area contributed by atoms with Gasteiger partial charge in [-0.15, -0.1) is 0 Å². The summed E-state index contributed by atoms with van der Waals surface area (Å²) in [7, 11) is -0.511. The molecule has 12 saturated carbocycles. The normalized spacial score (nSPS) is 36.8. The molecule has 74 heavy (non-hydrogen) atoms. The molecule has 0 aliphatic heterocycles. The lowest BCUT2D eigenvalue weighted by molar-refractivity contribution is -0.205. The van der Waals surface area contributed by atoms with Gasteiger partial charge >= 0.3 is 17.9 Å². The van der Waals surface area contributed by atoms with Gasteiger partial charge in [-0.2, -0.15) is 0 Å². The van der Waals surface area contributed by atoms with E-state index in [2.05, 4.69) is 69.3 Å². The minimum Gasteiger partial charge on any atom is -0.482 e. The average molecular weight is 1040 g/mol. The minimum absolute atomic E-state index is 0.0891. The Balaban J connectivity index is 0.657. The predicted molar refractivity (Wildman–Crippen MR) is 283 cm³/mol. The highest BCUT2D eigenvalue weighted by Gasteiger charge is 2.59. The molecule has 12 bridgehead atoms. The molecule has 390 valence electrons. The van der Waals surface area contributed by atoms with Crippen LogP contribution in [0.1, 0.15) is 117 Å². The highest BCUT2D eigenvalue weighted by atomic mass is 32.2. The third kappa shape index (κ3) is 9.44. The van der Waals surface area contributed by atoms with Crippen molar-refractivity contribution in [1.29, 1.82) is 0 Å². The van der Waals surface area contributed by atoms with Crippen LogP contribution in [-0.4, -0.2) is 54.5 Å². The van der Waals surface area contributed by atoms with Gasteiger partial charge in [-0.25, -0.2) is 14.4 Å². The van der Waals surface area contributed by atoms with Crippen LogP contribution in [0.5, 0.6) is 17.2 Å². The molecule has 4 aromatic rings. The summed E-state index contributed by atoms with van der Waals surface area (Å²) < 4.78 is 37.0. The van der Waals surface area contributed by atoms with E-state index < -0.39 is 10.9 Å². The van der Waals surface area contributed by atoms with E-state index in [4.69, 9.17) is 28.4 Å². The molecule has 16 rings (SSSR count). The Hall–Kier alpha value is -4.61. The number of carbonyl (C=O) groups excluding carboxylic acids is 3. The van der Waals surface area contributed by atoms with Crippen molar-refractivity contribution >= 4 is 40.6 Å². The Labute approximate surface area is 444 Å². The molecule has 0 unspecified atom stereocenters. The van der Waals surface area contributed by atoms with Crippen molar-refractivity contribution in [3.8, 4) is 17.2 Å². The molecule has 4 aromatic carbocycles. The van der Waals surface area contributed by atoms with Gasteiger partial charge in [0, 0.05) is 9.79 Å². The molecule has 12 fully saturated rings. The van der Waals surface area contributed by atoms with E-state index in [-0.39, 0.29) is 54.5 Å². The minimum atomic E-state index is -0.511. The molecule has 0 spiro atoms. The van der Waals surface area contributed by atoms with Gasteiger partial charge in [0.2, 0.25) is 0 Å². The summed E-state index contributed by atoms with van der Waals surface area (Å²) in [5.41, 5.74) is -1.14. The van der Waals surface area contributed by atoms with Crippen LogP contribution in [0, 0.1) is 71.0 Å². The van der Waals surface area contributed by atoms with E-state index in [0.717, 1.165) is 60.0 Å². The van der Waals surface area contributed by atoms with E-state index in [0.29, 0.717) is 52.8 Å². The van der Waals surface area contributed by atoms with Crippen LogP contribution in [0.25, 0.3) is 0 Å². The lowest BCUT2D eigenvalue weighted by atomic mass is 9.50. The van der Waals surface area contributed by atoms with E-state index in [1.165, 1.54) is 96.3 Å². The first-order chi connectivity index (χ1) is 35.8. The predicted octanol–water partition coefficient (Wildman–Crippen LogP) is 13.3. The fourth-order valence-corrected chi connectivity index (χ4v) is 20.1. The number of ether oxygens (including phenoxy) is 6. The Morgan fingerprint density at radius 2 is 0.608 bits per heavy atom.